The zero-order valence-electron chi connectivity index (χ0n) is 13.7. The van der Waals surface area contributed by atoms with Crippen molar-refractivity contribution in [3.63, 3.8) is 0 Å². The third-order valence-electron chi connectivity index (χ3n) is 3.59. The molecule has 1 aliphatic rings. The van der Waals surface area contributed by atoms with E-state index in [9.17, 15) is 17.6 Å². The van der Waals surface area contributed by atoms with Gasteiger partial charge in [-0.05, 0) is 44.9 Å². The van der Waals surface area contributed by atoms with Crippen LogP contribution in [0, 0.1) is 5.82 Å². The Hall–Kier alpha value is -1.22. The van der Waals surface area contributed by atoms with Gasteiger partial charge in [-0.25, -0.2) is 17.5 Å². The van der Waals surface area contributed by atoms with Crippen molar-refractivity contribution in [2.24, 2.45) is 5.73 Å². The molecule has 2 rings (SSSR count). The number of likely N-dealkylation sites (tertiary alicyclic amines) is 1. The number of benzene rings is 1. The molecule has 1 amide bonds. The minimum Gasteiger partial charge on any atom is -0.339 e. The van der Waals surface area contributed by atoms with Crippen molar-refractivity contribution >= 4 is 28.3 Å². The second-order valence-electron chi connectivity index (χ2n) is 6.45. The average Bonchev–Trinajstić information content (AvgIpc) is 2.98. The number of halogens is 2. The summed E-state index contributed by atoms with van der Waals surface area (Å²) in [6.07, 6.45) is 1.80. The Morgan fingerprint density at radius 1 is 1.33 bits per heavy atom. The van der Waals surface area contributed by atoms with Crippen molar-refractivity contribution < 1.29 is 17.6 Å². The maximum absolute atomic E-state index is 14.2. The largest absolute Gasteiger partial charge is 0.339 e. The van der Waals surface area contributed by atoms with Crippen molar-refractivity contribution in [2.75, 3.05) is 19.6 Å². The summed E-state index contributed by atoms with van der Waals surface area (Å²) in [5.74, 6) is -1.24. The summed E-state index contributed by atoms with van der Waals surface area (Å²) in [7, 11) is -3.87. The zero-order chi connectivity index (χ0) is 17.3. The first-order valence-electron chi connectivity index (χ1n) is 7.47. The minimum atomic E-state index is -3.87. The predicted octanol–water partition coefficient (Wildman–Crippen LogP) is 1.50. The Kier molecular flexibility index (Phi) is 6.75. The van der Waals surface area contributed by atoms with Gasteiger partial charge in [0, 0.05) is 25.2 Å². The molecule has 3 N–H and O–H groups in total. The molecule has 0 aromatic heterocycles. The molecule has 0 aliphatic carbocycles. The molecule has 0 spiro atoms. The van der Waals surface area contributed by atoms with E-state index in [1.54, 1.807) is 18.7 Å². The molecule has 0 radical (unpaired) electrons. The molecular formula is C15H23ClFN3O3S. The zero-order valence-corrected chi connectivity index (χ0v) is 15.3. The number of nitrogens with zero attached hydrogens (tertiary/aromatic N) is 1. The first-order valence-corrected chi connectivity index (χ1v) is 8.96. The third kappa shape index (κ3) is 5.14. The molecule has 0 atom stereocenters. The number of carbonyl (C=O) groups excluding carboxylic acids is 1. The molecule has 1 aliphatic heterocycles. The number of rotatable bonds is 5. The van der Waals surface area contributed by atoms with Crippen molar-refractivity contribution in [1.29, 1.82) is 0 Å². The number of nitrogens with one attached hydrogen (secondary N) is 1. The van der Waals surface area contributed by atoms with E-state index >= 15 is 0 Å². The number of sulfonamides is 1. The number of hydrogen-bond donors (Lipinski definition) is 2. The fourth-order valence-corrected chi connectivity index (χ4v) is 3.53. The first kappa shape index (κ1) is 20.8. The lowest BCUT2D eigenvalue weighted by Gasteiger charge is -2.19. The van der Waals surface area contributed by atoms with Gasteiger partial charge in [-0.3, -0.25) is 4.79 Å². The second kappa shape index (κ2) is 7.77. The summed E-state index contributed by atoms with van der Waals surface area (Å²) in [4.78, 5) is 13.5. The van der Waals surface area contributed by atoms with E-state index in [2.05, 4.69) is 4.72 Å². The van der Waals surface area contributed by atoms with Crippen LogP contribution in [0.5, 0.6) is 0 Å². The van der Waals surface area contributed by atoms with Gasteiger partial charge in [0.2, 0.25) is 10.0 Å². The lowest BCUT2D eigenvalue weighted by Crippen LogP contribution is -2.45. The summed E-state index contributed by atoms with van der Waals surface area (Å²) >= 11 is 0. The highest BCUT2D eigenvalue weighted by molar-refractivity contribution is 7.89. The van der Waals surface area contributed by atoms with Crippen molar-refractivity contribution in [3.05, 3.63) is 29.6 Å². The van der Waals surface area contributed by atoms with Gasteiger partial charge in [-0.1, -0.05) is 0 Å². The highest BCUT2D eigenvalue weighted by Crippen LogP contribution is 2.19. The lowest BCUT2D eigenvalue weighted by atomic mass is 10.1. The van der Waals surface area contributed by atoms with E-state index in [1.165, 1.54) is 12.1 Å². The highest BCUT2D eigenvalue weighted by Gasteiger charge is 2.25. The SMILES string of the molecule is CC(C)(N)CNS(=O)(=O)c1ccc(C(=O)N2CCCC2)c(F)c1.Cl. The fourth-order valence-electron chi connectivity index (χ4n) is 2.29. The number of hydrogen-bond acceptors (Lipinski definition) is 4. The van der Waals surface area contributed by atoms with E-state index in [4.69, 9.17) is 5.73 Å². The van der Waals surface area contributed by atoms with Gasteiger partial charge in [-0.2, -0.15) is 0 Å². The second-order valence-corrected chi connectivity index (χ2v) is 8.22. The number of carbonyl (C=O) groups is 1. The molecule has 1 aromatic carbocycles. The number of nitrogens with two attached hydrogens (primary N) is 1. The smallest absolute Gasteiger partial charge is 0.256 e. The Balaban J connectivity index is 0.00000288. The van der Waals surface area contributed by atoms with Crippen molar-refractivity contribution in [1.82, 2.24) is 9.62 Å². The normalized spacial score (nSPS) is 15.2. The van der Waals surface area contributed by atoms with Crippen LogP contribution in [0.25, 0.3) is 0 Å². The first-order chi connectivity index (χ1) is 10.6. The van der Waals surface area contributed by atoms with Crippen LogP contribution in [-0.2, 0) is 10.0 Å². The van der Waals surface area contributed by atoms with Crippen molar-refractivity contribution in [2.45, 2.75) is 37.1 Å². The fraction of sp³-hybridized carbons (Fsp3) is 0.533. The van der Waals surface area contributed by atoms with Crippen LogP contribution in [0.4, 0.5) is 4.39 Å². The molecule has 1 saturated heterocycles. The van der Waals surface area contributed by atoms with Gasteiger partial charge in [0.25, 0.3) is 5.91 Å². The molecule has 1 fully saturated rings. The predicted molar refractivity (Wildman–Crippen MR) is 92.2 cm³/mol. The highest BCUT2D eigenvalue weighted by atomic mass is 35.5. The van der Waals surface area contributed by atoms with Crippen LogP contribution in [-0.4, -0.2) is 44.4 Å². The quantitative estimate of drug-likeness (QED) is 0.810. The molecule has 0 unspecified atom stereocenters. The van der Waals surface area contributed by atoms with E-state index in [0.29, 0.717) is 13.1 Å². The molecule has 24 heavy (non-hydrogen) atoms. The monoisotopic (exact) mass is 379 g/mol. The Bertz CT molecular complexity index is 698. The summed E-state index contributed by atoms with van der Waals surface area (Å²) < 4.78 is 40.8. The van der Waals surface area contributed by atoms with E-state index < -0.39 is 27.3 Å². The molecule has 6 nitrogen and oxygen atoms in total. The van der Waals surface area contributed by atoms with Gasteiger partial charge < -0.3 is 10.6 Å². The topological polar surface area (TPSA) is 92.5 Å². The molecule has 0 bridgehead atoms. The minimum absolute atomic E-state index is 0. The van der Waals surface area contributed by atoms with Crippen LogP contribution in [0.3, 0.4) is 0 Å². The molecular weight excluding hydrogens is 357 g/mol. The molecule has 1 aromatic rings. The third-order valence-corrected chi connectivity index (χ3v) is 4.99. The van der Waals surface area contributed by atoms with Crippen LogP contribution in [0.2, 0.25) is 0 Å². The maximum atomic E-state index is 14.2. The van der Waals surface area contributed by atoms with Crippen LogP contribution >= 0.6 is 12.4 Å². The molecule has 9 heteroatoms. The van der Waals surface area contributed by atoms with Crippen LogP contribution in [0.15, 0.2) is 23.1 Å². The molecule has 1 heterocycles. The van der Waals surface area contributed by atoms with E-state index in [1.807, 2.05) is 0 Å². The van der Waals surface area contributed by atoms with Crippen LogP contribution < -0.4 is 10.5 Å². The average molecular weight is 380 g/mol. The van der Waals surface area contributed by atoms with Gasteiger partial charge in [-0.15, -0.1) is 12.4 Å². The van der Waals surface area contributed by atoms with E-state index in [0.717, 1.165) is 18.9 Å². The Morgan fingerprint density at radius 2 is 1.92 bits per heavy atom. The van der Waals surface area contributed by atoms with Gasteiger partial charge in [0.15, 0.2) is 0 Å². The Morgan fingerprint density at radius 3 is 2.42 bits per heavy atom. The van der Waals surface area contributed by atoms with Gasteiger partial charge >= 0.3 is 0 Å². The maximum Gasteiger partial charge on any atom is 0.256 e. The molecule has 0 saturated carbocycles. The van der Waals surface area contributed by atoms with E-state index in [-0.39, 0.29) is 29.4 Å². The summed E-state index contributed by atoms with van der Waals surface area (Å²) in [6.45, 7) is 4.57. The Labute approximate surface area is 148 Å². The van der Waals surface area contributed by atoms with Crippen molar-refractivity contribution in [3.8, 4) is 0 Å². The van der Waals surface area contributed by atoms with Gasteiger partial charge in [0.1, 0.15) is 5.82 Å². The standard InChI is InChI=1S/C15H22FN3O3S.ClH/c1-15(2,17)10-18-23(21,22)11-5-6-12(13(16)9-11)14(20)19-7-3-4-8-19;/h5-6,9,18H,3-4,7-8,10,17H2,1-2H3;1H. The van der Waals surface area contributed by atoms with Crippen LogP contribution in [0.1, 0.15) is 37.0 Å². The summed E-state index contributed by atoms with van der Waals surface area (Å²) in [6, 6.07) is 3.32. The molecule has 136 valence electrons. The van der Waals surface area contributed by atoms with Gasteiger partial charge in [0.05, 0.1) is 10.5 Å². The lowest BCUT2D eigenvalue weighted by molar-refractivity contribution is 0.0788. The summed E-state index contributed by atoms with van der Waals surface area (Å²) in [5.41, 5.74) is 4.90. The summed E-state index contributed by atoms with van der Waals surface area (Å²) in [5, 5.41) is 0. The number of amides is 1.